The minimum Gasteiger partial charge on any atom is -0.480 e. The molecule has 3 heterocycles. The first-order valence-electron chi connectivity index (χ1n) is 6.75. The number of anilines is 1. The molecule has 0 unspecified atom stereocenters. The standard InChI is InChI=1S/C10H11N3O3.C4H7N3/c1-5-4-7-11-6(2)8(10(14)15)9(16-3)13(7)12-5;1-3-2-4(5)7-6-3/h4H,1-3H3,(H,14,15);2H,1H3,(H3,5,6,7). The lowest BCUT2D eigenvalue weighted by Crippen LogP contribution is -2.10. The van der Waals surface area contributed by atoms with E-state index in [4.69, 9.17) is 15.6 Å². The molecular formula is C14H18N6O3. The van der Waals surface area contributed by atoms with Gasteiger partial charge in [0.15, 0.2) is 5.65 Å². The molecule has 0 fully saturated rings. The minimum atomic E-state index is -1.07. The lowest BCUT2D eigenvalue weighted by Gasteiger charge is -2.08. The van der Waals surface area contributed by atoms with E-state index < -0.39 is 5.97 Å². The van der Waals surface area contributed by atoms with Crippen LogP contribution in [0.2, 0.25) is 0 Å². The van der Waals surface area contributed by atoms with Crippen molar-refractivity contribution >= 4 is 17.4 Å². The van der Waals surface area contributed by atoms with E-state index in [1.165, 1.54) is 11.6 Å². The summed E-state index contributed by atoms with van der Waals surface area (Å²) in [5.74, 6) is -0.322. The van der Waals surface area contributed by atoms with Crippen molar-refractivity contribution in [2.24, 2.45) is 0 Å². The van der Waals surface area contributed by atoms with Gasteiger partial charge in [0.1, 0.15) is 11.4 Å². The Balaban J connectivity index is 0.000000229. The lowest BCUT2D eigenvalue weighted by atomic mass is 10.2. The van der Waals surface area contributed by atoms with Crippen LogP contribution in [-0.2, 0) is 0 Å². The molecule has 0 bridgehead atoms. The smallest absolute Gasteiger partial charge is 0.343 e. The number of hydrogen-bond acceptors (Lipinski definition) is 6. The highest BCUT2D eigenvalue weighted by Crippen LogP contribution is 2.22. The summed E-state index contributed by atoms with van der Waals surface area (Å²) in [6.07, 6.45) is 0. The second-order valence-corrected chi connectivity index (χ2v) is 4.92. The zero-order chi connectivity index (χ0) is 17.1. The average Bonchev–Trinajstić information content (AvgIpc) is 3.01. The van der Waals surface area contributed by atoms with Gasteiger partial charge in [0.2, 0.25) is 5.88 Å². The van der Waals surface area contributed by atoms with Gasteiger partial charge in [0.05, 0.1) is 18.5 Å². The number of nitrogens with two attached hydrogens (primary N) is 1. The van der Waals surface area contributed by atoms with Crippen LogP contribution in [0.4, 0.5) is 5.82 Å². The summed E-state index contributed by atoms with van der Waals surface area (Å²) in [5.41, 5.74) is 8.03. The first kappa shape index (κ1) is 16.3. The van der Waals surface area contributed by atoms with E-state index >= 15 is 0 Å². The van der Waals surface area contributed by atoms with Crippen molar-refractivity contribution in [3.8, 4) is 5.88 Å². The first-order valence-corrected chi connectivity index (χ1v) is 6.75. The Kier molecular flexibility index (Phi) is 4.49. The summed E-state index contributed by atoms with van der Waals surface area (Å²) in [4.78, 5) is 15.3. The number of aromatic amines is 1. The SMILES string of the molecule is COc1c(C(=O)O)c(C)nc2cc(C)nn12.Cc1cc(N)n[nH]1. The first-order chi connectivity index (χ1) is 10.8. The topological polar surface area (TPSA) is 131 Å². The predicted octanol–water partition coefficient (Wildman–Crippen LogP) is 1.35. The molecule has 0 aliphatic carbocycles. The molecule has 23 heavy (non-hydrogen) atoms. The van der Waals surface area contributed by atoms with E-state index in [9.17, 15) is 4.79 Å². The van der Waals surface area contributed by atoms with Gasteiger partial charge in [-0.25, -0.2) is 9.78 Å². The third-order valence-electron chi connectivity index (χ3n) is 3.00. The number of methoxy groups -OCH3 is 1. The molecular weight excluding hydrogens is 300 g/mol. The molecule has 9 nitrogen and oxygen atoms in total. The summed E-state index contributed by atoms with van der Waals surface area (Å²) in [5, 5.41) is 19.6. The third kappa shape index (κ3) is 3.39. The maximum atomic E-state index is 11.1. The van der Waals surface area contributed by atoms with Crippen LogP contribution >= 0.6 is 0 Å². The molecule has 122 valence electrons. The highest BCUT2D eigenvalue weighted by molar-refractivity contribution is 5.91. The number of rotatable bonds is 2. The van der Waals surface area contributed by atoms with Crippen LogP contribution in [0.15, 0.2) is 12.1 Å². The Labute approximate surface area is 132 Å². The lowest BCUT2D eigenvalue weighted by molar-refractivity contribution is 0.0690. The molecule has 0 atom stereocenters. The van der Waals surface area contributed by atoms with Crippen molar-refractivity contribution in [2.75, 3.05) is 12.8 Å². The van der Waals surface area contributed by atoms with Crippen molar-refractivity contribution in [3.05, 3.63) is 34.8 Å². The summed E-state index contributed by atoms with van der Waals surface area (Å²) < 4.78 is 6.49. The molecule has 0 radical (unpaired) electrons. The van der Waals surface area contributed by atoms with Gasteiger partial charge in [-0.3, -0.25) is 5.10 Å². The molecule has 0 aromatic carbocycles. The molecule has 9 heteroatoms. The largest absolute Gasteiger partial charge is 0.480 e. The maximum Gasteiger partial charge on any atom is 0.343 e. The maximum absolute atomic E-state index is 11.1. The average molecular weight is 318 g/mol. The van der Waals surface area contributed by atoms with Crippen LogP contribution in [0.25, 0.3) is 5.65 Å². The Morgan fingerprint density at radius 1 is 1.35 bits per heavy atom. The van der Waals surface area contributed by atoms with E-state index in [-0.39, 0.29) is 11.4 Å². The van der Waals surface area contributed by atoms with Gasteiger partial charge in [0.25, 0.3) is 0 Å². The molecule has 0 spiro atoms. The number of carbonyl (C=O) groups is 1. The van der Waals surface area contributed by atoms with Gasteiger partial charge in [-0.15, -0.1) is 0 Å². The van der Waals surface area contributed by atoms with Gasteiger partial charge in [-0.2, -0.15) is 14.7 Å². The van der Waals surface area contributed by atoms with E-state index in [1.54, 1.807) is 19.1 Å². The zero-order valence-electron chi connectivity index (χ0n) is 13.3. The molecule has 3 rings (SSSR count). The van der Waals surface area contributed by atoms with Gasteiger partial charge in [-0.1, -0.05) is 0 Å². The van der Waals surface area contributed by atoms with Crippen LogP contribution < -0.4 is 10.5 Å². The van der Waals surface area contributed by atoms with Gasteiger partial charge < -0.3 is 15.6 Å². The van der Waals surface area contributed by atoms with Crippen LogP contribution in [0.5, 0.6) is 5.88 Å². The summed E-state index contributed by atoms with van der Waals surface area (Å²) in [6, 6.07) is 3.54. The number of aryl methyl sites for hydroxylation is 3. The van der Waals surface area contributed by atoms with Crippen LogP contribution in [0.3, 0.4) is 0 Å². The number of H-pyrrole nitrogens is 1. The Bertz CT molecular complexity index is 835. The van der Waals surface area contributed by atoms with Crippen molar-refractivity contribution in [1.29, 1.82) is 0 Å². The predicted molar refractivity (Wildman–Crippen MR) is 83.7 cm³/mol. The monoisotopic (exact) mass is 318 g/mol. The zero-order valence-corrected chi connectivity index (χ0v) is 13.3. The fourth-order valence-corrected chi connectivity index (χ4v) is 2.08. The summed E-state index contributed by atoms with van der Waals surface area (Å²) >= 11 is 0. The highest BCUT2D eigenvalue weighted by Gasteiger charge is 2.20. The summed E-state index contributed by atoms with van der Waals surface area (Å²) in [6.45, 7) is 5.35. The van der Waals surface area contributed by atoms with Gasteiger partial charge >= 0.3 is 5.97 Å². The minimum absolute atomic E-state index is 0.0399. The number of nitrogens with one attached hydrogen (secondary N) is 1. The third-order valence-corrected chi connectivity index (χ3v) is 3.00. The van der Waals surface area contributed by atoms with Gasteiger partial charge in [-0.05, 0) is 20.8 Å². The Morgan fingerprint density at radius 2 is 2.04 bits per heavy atom. The van der Waals surface area contributed by atoms with E-state index in [1.807, 2.05) is 13.8 Å². The van der Waals surface area contributed by atoms with Crippen LogP contribution in [-0.4, -0.2) is 43.0 Å². The molecule has 0 amide bonds. The van der Waals surface area contributed by atoms with Crippen molar-refractivity contribution < 1.29 is 14.6 Å². The second kappa shape index (κ2) is 6.34. The number of ether oxygens (including phenoxy) is 1. The van der Waals surface area contributed by atoms with E-state index in [2.05, 4.69) is 20.3 Å². The second-order valence-electron chi connectivity index (χ2n) is 4.92. The van der Waals surface area contributed by atoms with Crippen LogP contribution in [0.1, 0.15) is 27.4 Å². The van der Waals surface area contributed by atoms with Crippen molar-refractivity contribution in [2.45, 2.75) is 20.8 Å². The van der Waals surface area contributed by atoms with Gasteiger partial charge in [0, 0.05) is 17.8 Å². The quantitative estimate of drug-likeness (QED) is 0.649. The number of nitrogen functional groups attached to an aromatic ring is 1. The van der Waals surface area contributed by atoms with Crippen LogP contribution in [0, 0.1) is 20.8 Å². The number of carboxylic acids is 1. The fourth-order valence-electron chi connectivity index (χ4n) is 2.08. The molecule has 0 aliphatic heterocycles. The molecule has 3 aromatic rings. The molecule has 0 aliphatic rings. The molecule has 3 aromatic heterocycles. The normalized spacial score (nSPS) is 10.3. The number of aromatic nitrogens is 5. The number of carboxylic acid groups (broad SMARTS) is 1. The number of aromatic carboxylic acids is 1. The number of nitrogens with zero attached hydrogens (tertiary/aromatic N) is 4. The number of hydrogen-bond donors (Lipinski definition) is 3. The highest BCUT2D eigenvalue weighted by atomic mass is 16.5. The Morgan fingerprint density at radius 3 is 2.48 bits per heavy atom. The molecule has 4 N–H and O–H groups in total. The molecule has 0 saturated carbocycles. The molecule has 0 saturated heterocycles. The summed E-state index contributed by atoms with van der Waals surface area (Å²) in [7, 11) is 1.41. The van der Waals surface area contributed by atoms with Crippen molar-refractivity contribution in [1.82, 2.24) is 24.8 Å². The fraction of sp³-hybridized carbons (Fsp3) is 0.286. The van der Waals surface area contributed by atoms with Crippen molar-refractivity contribution in [3.63, 3.8) is 0 Å². The van der Waals surface area contributed by atoms with E-state index in [0.717, 1.165) is 11.4 Å². The number of fused-ring (bicyclic) bond motifs is 1. The Hall–Kier alpha value is -3.10. The van der Waals surface area contributed by atoms with E-state index in [0.29, 0.717) is 17.2 Å².